The van der Waals surface area contributed by atoms with Crippen molar-refractivity contribution in [3.8, 4) is 0 Å². The number of sulfone groups is 1. The van der Waals surface area contributed by atoms with E-state index < -0.39 is 26.5 Å². The van der Waals surface area contributed by atoms with Gasteiger partial charge in [0.2, 0.25) is 15.7 Å². The summed E-state index contributed by atoms with van der Waals surface area (Å²) in [6, 6.07) is 5.03. The van der Waals surface area contributed by atoms with Crippen LogP contribution in [0.3, 0.4) is 0 Å². The topological polar surface area (TPSA) is 72.2 Å². The van der Waals surface area contributed by atoms with E-state index in [1.54, 1.807) is 19.9 Å². The number of oxazole rings is 1. The zero-order valence-corrected chi connectivity index (χ0v) is 12.2. The van der Waals surface area contributed by atoms with Crippen LogP contribution in [-0.4, -0.2) is 19.2 Å². The Morgan fingerprint density at radius 3 is 2.52 bits per heavy atom. The smallest absolute Gasteiger partial charge is 0.341 e. The van der Waals surface area contributed by atoms with Gasteiger partial charge in [-0.3, -0.25) is 0 Å². The van der Waals surface area contributed by atoms with Gasteiger partial charge in [-0.15, -0.1) is 0 Å². The lowest BCUT2D eigenvalue weighted by atomic mass is 10.2. The molecule has 0 bridgehead atoms. The van der Waals surface area contributed by atoms with Crippen molar-refractivity contribution in [3.05, 3.63) is 42.1 Å². The van der Waals surface area contributed by atoms with Gasteiger partial charge in [0, 0.05) is 0 Å². The number of hydrogen-bond donors (Lipinski definition) is 1. The molecule has 1 unspecified atom stereocenters. The zero-order valence-electron chi connectivity index (χ0n) is 11.4. The third-order valence-electron chi connectivity index (χ3n) is 2.81. The predicted molar refractivity (Wildman–Crippen MR) is 72.9 cm³/mol. The number of hydrogen-bond acceptors (Lipinski definition) is 5. The molecule has 0 aliphatic carbocycles. The van der Waals surface area contributed by atoms with Crippen molar-refractivity contribution in [2.24, 2.45) is 0 Å². The van der Waals surface area contributed by atoms with Crippen molar-refractivity contribution in [2.75, 3.05) is 5.32 Å². The second-order valence-corrected chi connectivity index (χ2v) is 6.36. The molecule has 8 heteroatoms. The first-order valence-electron chi connectivity index (χ1n) is 6.12. The summed E-state index contributed by atoms with van der Waals surface area (Å²) in [6.45, 7) is 3.41. The van der Waals surface area contributed by atoms with Crippen molar-refractivity contribution in [3.63, 3.8) is 0 Å². The fourth-order valence-corrected chi connectivity index (χ4v) is 2.69. The van der Waals surface area contributed by atoms with Crippen LogP contribution in [0, 0.1) is 6.92 Å². The van der Waals surface area contributed by atoms with E-state index in [4.69, 9.17) is 4.42 Å². The second-order valence-electron chi connectivity index (χ2n) is 4.48. The van der Waals surface area contributed by atoms with Crippen LogP contribution in [0.15, 0.2) is 39.8 Å². The summed E-state index contributed by atoms with van der Waals surface area (Å²) in [5, 5.41) is 2.83. The van der Waals surface area contributed by atoms with E-state index in [1.165, 1.54) is 18.3 Å². The molecule has 21 heavy (non-hydrogen) atoms. The van der Waals surface area contributed by atoms with E-state index in [9.17, 15) is 17.2 Å². The minimum Gasteiger partial charge on any atom is -0.444 e. The predicted octanol–water partition coefficient (Wildman–Crippen LogP) is 3.15. The Morgan fingerprint density at radius 1 is 1.29 bits per heavy atom. The molecule has 1 aromatic carbocycles. The Bertz CT molecular complexity index is 729. The highest BCUT2D eigenvalue weighted by Crippen LogP contribution is 2.28. The first-order valence-corrected chi connectivity index (χ1v) is 7.67. The van der Waals surface area contributed by atoms with Gasteiger partial charge in [-0.2, -0.15) is 8.78 Å². The van der Waals surface area contributed by atoms with Crippen molar-refractivity contribution >= 4 is 15.5 Å². The maximum atomic E-state index is 12.7. The van der Waals surface area contributed by atoms with Gasteiger partial charge in [0.1, 0.15) is 11.8 Å². The maximum absolute atomic E-state index is 12.7. The first-order chi connectivity index (χ1) is 9.82. The highest BCUT2D eigenvalue weighted by Gasteiger charge is 2.29. The molecular formula is C13H14F2N2O3S. The number of anilines is 1. The van der Waals surface area contributed by atoms with Gasteiger partial charge in [-0.25, -0.2) is 13.4 Å². The van der Waals surface area contributed by atoms with E-state index in [2.05, 4.69) is 10.3 Å². The standard InChI is InChI=1S/C13H14F2N2O3S/c1-8-7-16-12(20-8)9(2)17-10-5-3-4-6-11(10)21(18,19)13(14)15/h3-7,9,13,17H,1-2H3. The first kappa shape index (κ1) is 15.4. The Kier molecular flexibility index (Phi) is 4.26. The molecule has 1 N–H and O–H groups in total. The lowest BCUT2D eigenvalue weighted by molar-refractivity contribution is 0.235. The average molecular weight is 316 g/mol. The molecule has 0 saturated heterocycles. The average Bonchev–Trinajstić information content (AvgIpc) is 2.86. The van der Waals surface area contributed by atoms with Gasteiger partial charge in [0.05, 0.1) is 16.8 Å². The lowest BCUT2D eigenvalue weighted by Gasteiger charge is -2.15. The summed E-state index contributed by atoms with van der Waals surface area (Å²) in [5.74, 6) is -2.52. The normalized spacial score (nSPS) is 13.4. The van der Waals surface area contributed by atoms with E-state index in [0.29, 0.717) is 11.7 Å². The number of para-hydroxylation sites is 1. The summed E-state index contributed by atoms with van der Waals surface area (Å²) >= 11 is 0. The van der Waals surface area contributed by atoms with Gasteiger partial charge in [0.25, 0.3) is 0 Å². The van der Waals surface area contributed by atoms with Crippen LogP contribution in [0.5, 0.6) is 0 Å². The second kappa shape index (κ2) is 5.80. The third kappa shape index (κ3) is 3.21. The number of alkyl halides is 2. The number of nitrogens with zero attached hydrogens (tertiary/aromatic N) is 1. The molecule has 1 atom stereocenters. The Labute approximate surface area is 120 Å². The zero-order chi connectivity index (χ0) is 15.6. The number of halogens is 2. The maximum Gasteiger partial charge on any atom is 0.341 e. The van der Waals surface area contributed by atoms with Gasteiger partial charge in [-0.05, 0) is 26.0 Å². The Morgan fingerprint density at radius 2 is 1.95 bits per heavy atom. The van der Waals surface area contributed by atoms with Crippen LogP contribution in [-0.2, 0) is 9.84 Å². The number of nitrogens with one attached hydrogen (secondary N) is 1. The highest BCUT2D eigenvalue weighted by molar-refractivity contribution is 7.91. The minimum atomic E-state index is -4.68. The molecule has 0 fully saturated rings. The van der Waals surface area contributed by atoms with Crippen molar-refractivity contribution in [2.45, 2.75) is 30.5 Å². The summed E-state index contributed by atoms with van der Waals surface area (Å²) in [7, 11) is -4.68. The summed E-state index contributed by atoms with van der Waals surface area (Å²) in [5.41, 5.74) is 0.0844. The Balaban J connectivity index is 2.33. The quantitative estimate of drug-likeness (QED) is 0.917. The summed E-state index contributed by atoms with van der Waals surface area (Å²) in [4.78, 5) is 3.56. The van der Waals surface area contributed by atoms with Crippen molar-refractivity contribution < 1.29 is 21.6 Å². The molecule has 0 spiro atoms. The van der Waals surface area contributed by atoms with Crippen LogP contribution in [0.2, 0.25) is 0 Å². The molecule has 5 nitrogen and oxygen atoms in total. The number of benzene rings is 1. The fraction of sp³-hybridized carbons (Fsp3) is 0.308. The number of rotatable bonds is 5. The van der Waals surface area contributed by atoms with Crippen LogP contribution >= 0.6 is 0 Å². The van der Waals surface area contributed by atoms with E-state index in [0.717, 1.165) is 6.07 Å². The van der Waals surface area contributed by atoms with Crippen LogP contribution in [0.1, 0.15) is 24.6 Å². The van der Waals surface area contributed by atoms with Gasteiger partial charge in [0.15, 0.2) is 0 Å². The van der Waals surface area contributed by atoms with Gasteiger partial charge >= 0.3 is 5.76 Å². The molecule has 0 aliphatic heterocycles. The lowest BCUT2D eigenvalue weighted by Crippen LogP contribution is -2.15. The van der Waals surface area contributed by atoms with Crippen LogP contribution in [0.4, 0.5) is 14.5 Å². The molecule has 114 valence electrons. The minimum absolute atomic E-state index is 0.0844. The van der Waals surface area contributed by atoms with Crippen LogP contribution < -0.4 is 5.32 Å². The molecule has 2 rings (SSSR count). The molecule has 2 aromatic rings. The highest BCUT2D eigenvalue weighted by atomic mass is 32.2. The van der Waals surface area contributed by atoms with E-state index in [-0.39, 0.29) is 5.69 Å². The SMILES string of the molecule is Cc1cnc(C(C)Nc2ccccc2S(=O)(=O)C(F)F)o1. The van der Waals surface area contributed by atoms with Crippen molar-refractivity contribution in [1.82, 2.24) is 4.98 Å². The molecule has 0 saturated carbocycles. The third-order valence-corrected chi connectivity index (χ3v) is 4.25. The monoisotopic (exact) mass is 316 g/mol. The largest absolute Gasteiger partial charge is 0.444 e. The summed E-state index contributed by atoms with van der Waals surface area (Å²) in [6.07, 6.45) is 1.52. The van der Waals surface area contributed by atoms with Crippen molar-refractivity contribution in [1.29, 1.82) is 0 Å². The van der Waals surface area contributed by atoms with Crippen LogP contribution in [0.25, 0.3) is 0 Å². The molecule has 1 aromatic heterocycles. The van der Waals surface area contributed by atoms with Gasteiger partial charge in [-0.1, -0.05) is 12.1 Å². The molecule has 0 amide bonds. The molecule has 1 heterocycles. The number of aryl methyl sites for hydroxylation is 1. The van der Waals surface area contributed by atoms with Gasteiger partial charge < -0.3 is 9.73 Å². The molecular weight excluding hydrogens is 302 g/mol. The molecule has 0 radical (unpaired) electrons. The summed E-state index contributed by atoms with van der Waals surface area (Å²) < 4.78 is 54.0. The number of aromatic nitrogens is 1. The van der Waals surface area contributed by atoms with E-state index >= 15 is 0 Å². The fourth-order valence-electron chi connectivity index (χ4n) is 1.80. The Hall–Kier alpha value is -1.96. The van der Waals surface area contributed by atoms with E-state index in [1.807, 2.05) is 0 Å². The molecule has 0 aliphatic rings.